The van der Waals surface area contributed by atoms with Crippen LogP contribution in [0.2, 0.25) is 0 Å². The van der Waals surface area contributed by atoms with Crippen LogP contribution in [0.25, 0.3) is 0 Å². The number of carbonyl (C=O) groups excluding carboxylic acids is 1. The highest BCUT2D eigenvalue weighted by molar-refractivity contribution is 5.78. The van der Waals surface area contributed by atoms with E-state index in [0.29, 0.717) is 16.8 Å². The molecule has 0 aliphatic rings. The van der Waals surface area contributed by atoms with Gasteiger partial charge < -0.3 is 20.5 Å². The predicted octanol–water partition coefficient (Wildman–Crippen LogP) is 2.46. The molecule has 0 saturated carbocycles. The molecule has 5 heteroatoms. The Kier molecular flexibility index (Phi) is 5.80. The number of hydrogen-bond acceptors (Lipinski definition) is 5. The molecule has 0 saturated heterocycles. The summed E-state index contributed by atoms with van der Waals surface area (Å²) in [5, 5.41) is 26.6. The summed E-state index contributed by atoms with van der Waals surface area (Å²) in [5.74, 6) is -1.20. The third-order valence-electron chi connectivity index (χ3n) is 3.77. The number of hydrogen-bond donors (Lipinski definition) is 2. The number of rotatable bonds is 7. The van der Waals surface area contributed by atoms with E-state index < -0.39 is 12.0 Å². The lowest BCUT2D eigenvalue weighted by atomic mass is 10.0. The molecule has 0 heterocycles. The van der Waals surface area contributed by atoms with E-state index in [1.165, 1.54) is 0 Å². The molecule has 2 N–H and O–H groups in total. The van der Waals surface area contributed by atoms with E-state index in [2.05, 4.69) is 10.6 Å². The van der Waals surface area contributed by atoms with Gasteiger partial charge in [-0.05, 0) is 54.8 Å². The number of aliphatic carboxylic acids is 1. The third-order valence-corrected chi connectivity index (χ3v) is 3.77. The second-order valence-corrected chi connectivity index (χ2v) is 5.39. The summed E-state index contributed by atoms with van der Waals surface area (Å²) in [6.07, 6.45) is 0.798. The van der Waals surface area contributed by atoms with Gasteiger partial charge in [0.2, 0.25) is 0 Å². The molecule has 2 aromatic rings. The maximum absolute atomic E-state index is 11.6. The van der Waals surface area contributed by atoms with Crippen molar-refractivity contribution in [3.05, 3.63) is 59.2 Å². The van der Waals surface area contributed by atoms with Crippen molar-refractivity contribution < 1.29 is 9.90 Å². The van der Waals surface area contributed by atoms with Gasteiger partial charge in [0.1, 0.15) is 0 Å². The Labute approximate surface area is 141 Å². The second-order valence-electron chi connectivity index (χ2n) is 5.39. The van der Waals surface area contributed by atoms with E-state index in [-0.39, 0.29) is 0 Å². The number of nitrogens with one attached hydrogen (secondary N) is 2. The van der Waals surface area contributed by atoms with Crippen molar-refractivity contribution in [2.45, 2.75) is 26.3 Å². The van der Waals surface area contributed by atoms with E-state index >= 15 is 0 Å². The van der Waals surface area contributed by atoms with Gasteiger partial charge in [0.05, 0.1) is 23.6 Å². The van der Waals surface area contributed by atoms with Crippen LogP contribution >= 0.6 is 0 Å². The van der Waals surface area contributed by atoms with Gasteiger partial charge >= 0.3 is 0 Å². The Hall–Kier alpha value is -3.00. The molecule has 0 bridgehead atoms. The van der Waals surface area contributed by atoms with Gasteiger partial charge in [-0.3, -0.25) is 0 Å². The zero-order valence-electron chi connectivity index (χ0n) is 13.8. The number of nitrogens with zero attached hydrogens (tertiary/aromatic N) is 1. The molecule has 1 atom stereocenters. The number of carboxylic acid groups (broad SMARTS) is 1. The fourth-order valence-electron chi connectivity index (χ4n) is 2.53. The predicted molar refractivity (Wildman–Crippen MR) is 92.5 cm³/mol. The summed E-state index contributed by atoms with van der Waals surface area (Å²) in [4.78, 5) is 11.6. The average Bonchev–Trinajstić information content (AvgIpc) is 2.60. The van der Waals surface area contributed by atoms with E-state index in [1.807, 2.05) is 32.0 Å². The second kappa shape index (κ2) is 8.02. The highest BCUT2D eigenvalue weighted by Gasteiger charge is 2.14. The monoisotopic (exact) mass is 322 g/mol. The highest BCUT2D eigenvalue weighted by Crippen LogP contribution is 2.25. The van der Waals surface area contributed by atoms with Gasteiger partial charge in [-0.25, -0.2) is 0 Å². The summed E-state index contributed by atoms with van der Waals surface area (Å²) < 4.78 is 0. The number of carbonyl (C=O) groups is 1. The summed E-state index contributed by atoms with van der Waals surface area (Å²) in [5.41, 5.74) is 3.85. The van der Waals surface area contributed by atoms with Crippen molar-refractivity contribution in [1.29, 1.82) is 5.26 Å². The number of anilines is 2. The minimum absolute atomic E-state index is 0.522. The van der Waals surface area contributed by atoms with E-state index in [1.54, 1.807) is 30.3 Å². The first-order chi connectivity index (χ1) is 11.6. The molecule has 24 heavy (non-hydrogen) atoms. The zero-order valence-corrected chi connectivity index (χ0v) is 13.8. The molecule has 0 aliphatic heterocycles. The van der Waals surface area contributed by atoms with Gasteiger partial charge in [0.15, 0.2) is 0 Å². The molecule has 0 fully saturated rings. The number of benzene rings is 2. The quantitative estimate of drug-likeness (QED) is 0.817. The van der Waals surface area contributed by atoms with Crippen molar-refractivity contribution in [3.8, 4) is 6.07 Å². The molecule has 0 amide bonds. The Morgan fingerprint density at radius 2 is 1.92 bits per heavy atom. The lowest BCUT2D eigenvalue weighted by molar-refractivity contribution is -0.307. The Morgan fingerprint density at radius 3 is 2.46 bits per heavy atom. The van der Waals surface area contributed by atoms with Crippen LogP contribution in [0.3, 0.4) is 0 Å². The zero-order chi connectivity index (χ0) is 17.5. The standard InChI is InChI=1S/C19H21N3O2/c1-3-14-11-15(7-10-17(14)21-4-2)18(19(23)24)22-16-8-5-13(12-20)6-9-16/h5-11,18,21-22H,3-4H2,1-2H3,(H,23,24)/p-1. The van der Waals surface area contributed by atoms with Crippen molar-refractivity contribution in [1.82, 2.24) is 0 Å². The summed E-state index contributed by atoms with van der Waals surface area (Å²) in [6.45, 7) is 4.85. The minimum atomic E-state index is -1.20. The maximum Gasteiger partial charge on any atom is 0.0991 e. The average molecular weight is 322 g/mol. The molecule has 124 valence electrons. The number of nitriles is 1. The smallest absolute Gasteiger partial charge is 0.0991 e. The van der Waals surface area contributed by atoms with Gasteiger partial charge in [0.25, 0.3) is 0 Å². The highest BCUT2D eigenvalue weighted by atomic mass is 16.4. The van der Waals surface area contributed by atoms with Crippen LogP contribution in [0.4, 0.5) is 11.4 Å². The van der Waals surface area contributed by atoms with Crippen molar-refractivity contribution in [3.63, 3.8) is 0 Å². The Bertz CT molecular complexity index is 748. The molecular weight excluding hydrogens is 302 g/mol. The first kappa shape index (κ1) is 17.4. The lowest BCUT2D eigenvalue weighted by Gasteiger charge is -2.23. The van der Waals surface area contributed by atoms with Crippen LogP contribution in [-0.2, 0) is 11.2 Å². The first-order valence-electron chi connectivity index (χ1n) is 7.93. The van der Waals surface area contributed by atoms with Crippen LogP contribution in [0.5, 0.6) is 0 Å². The number of aryl methyl sites for hydroxylation is 1. The molecule has 5 nitrogen and oxygen atoms in total. The first-order valence-corrected chi connectivity index (χ1v) is 7.93. The fourth-order valence-corrected chi connectivity index (χ4v) is 2.53. The molecule has 1 unspecified atom stereocenters. The van der Waals surface area contributed by atoms with E-state index in [4.69, 9.17) is 5.26 Å². The van der Waals surface area contributed by atoms with Crippen LogP contribution in [0.15, 0.2) is 42.5 Å². The van der Waals surface area contributed by atoms with Crippen LogP contribution in [0.1, 0.15) is 36.6 Å². The minimum Gasteiger partial charge on any atom is -0.548 e. The summed E-state index contributed by atoms with van der Waals surface area (Å²) in [6, 6.07) is 13.3. The maximum atomic E-state index is 11.6. The van der Waals surface area contributed by atoms with Crippen LogP contribution in [-0.4, -0.2) is 12.5 Å². The molecular formula is C19H20N3O2-. The Morgan fingerprint density at radius 1 is 1.21 bits per heavy atom. The SMILES string of the molecule is CCNc1ccc(C(Nc2ccc(C#N)cc2)C(=O)[O-])cc1CC. The van der Waals surface area contributed by atoms with E-state index in [9.17, 15) is 9.90 Å². The summed E-state index contributed by atoms with van der Waals surface area (Å²) in [7, 11) is 0. The van der Waals surface area contributed by atoms with E-state index in [0.717, 1.165) is 24.2 Å². The fraction of sp³-hybridized carbons (Fsp3) is 0.263. The van der Waals surface area contributed by atoms with Gasteiger partial charge in [0, 0.05) is 17.9 Å². The summed E-state index contributed by atoms with van der Waals surface area (Å²) >= 11 is 0. The Balaban J connectivity index is 2.29. The largest absolute Gasteiger partial charge is 0.548 e. The number of carboxylic acids is 1. The normalized spacial score (nSPS) is 11.4. The van der Waals surface area contributed by atoms with Gasteiger partial charge in [-0.2, -0.15) is 5.26 Å². The molecule has 0 aromatic heterocycles. The van der Waals surface area contributed by atoms with Crippen LogP contribution < -0.4 is 15.7 Å². The third kappa shape index (κ3) is 4.05. The molecule has 0 radical (unpaired) electrons. The van der Waals surface area contributed by atoms with Crippen molar-refractivity contribution in [2.75, 3.05) is 17.2 Å². The topological polar surface area (TPSA) is 88.0 Å². The molecule has 2 aromatic carbocycles. The van der Waals surface area contributed by atoms with Crippen LogP contribution in [0, 0.1) is 11.3 Å². The molecule has 2 rings (SSSR count). The van der Waals surface area contributed by atoms with Gasteiger partial charge in [-0.1, -0.05) is 19.1 Å². The lowest BCUT2D eigenvalue weighted by Crippen LogP contribution is -2.34. The molecule has 0 spiro atoms. The van der Waals surface area contributed by atoms with Gasteiger partial charge in [-0.15, -0.1) is 0 Å². The van der Waals surface area contributed by atoms with Crippen molar-refractivity contribution >= 4 is 17.3 Å². The van der Waals surface area contributed by atoms with Crippen molar-refractivity contribution in [2.24, 2.45) is 0 Å². The molecule has 0 aliphatic carbocycles.